The first-order chi connectivity index (χ1) is 26.6. The van der Waals surface area contributed by atoms with Crippen LogP contribution in [0.3, 0.4) is 0 Å². The molecule has 7 rings (SSSR count). The zero-order valence-corrected chi connectivity index (χ0v) is 30.6. The fraction of sp³-hybridized carbons (Fsp3) is 0.317. The number of amides is 2. The van der Waals surface area contributed by atoms with Crippen molar-refractivity contribution in [3.05, 3.63) is 130 Å². The van der Waals surface area contributed by atoms with E-state index in [1.165, 1.54) is 11.1 Å². The van der Waals surface area contributed by atoms with E-state index in [9.17, 15) is 28.3 Å². The van der Waals surface area contributed by atoms with Crippen molar-refractivity contribution in [2.24, 2.45) is 7.05 Å². The maximum Gasteiger partial charge on any atom is 0.335 e. The molecule has 1 unspecified atom stereocenters. The number of benzene rings is 3. The Morgan fingerprint density at radius 3 is 2.42 bits per heavy atom. The Hall–Kier alpha value is -5.86. The second kappa shape index (κ2) is 16.2. The average Bonchev–Trinajstić information content (AvgIpc) is 3.80. The molecule has 0 saturated carbocycles. The lowest BCUT2D eigenvalue weighted by molar-refractivity contribution is -0.132. The van der Waals surface area contributed by atoms with Crippen molar-refractivity contribution < 1.29 is 37.7 Å². The summed E-state index contributed by atoms with van der Waals surface area (Å²) in [5.41, 5.74) is 4.47. The summed E-state index contributed by atoms with van der Waals surface area (Å²) >= 11 is 0. The minimum atomic E-state index is -2.89. The fourth-order valence-corrected chi connectivity index (χ4v) is 7.27. The molecule has 5 aromatic rings. The van der Waals surface area contributed by atoms with Gasteiger partial charge in [0, 0.05) is 50.3 Å². The maximum absolute atomic E-state index is 14.5. The molecule has 55 heavy (non-hydrogen) atoms. The fourth-order valence-electron chi connectivity index (χ4n) is 7.27. The number of aromatic nitrogens is 3. The average molecular weight is 753 g/mol. The summed E-state index contributed by atoms with van der Waals surface area (Å²) in [6, 6.07) is 22.0. The van der Waals surface area contributed by atoms with Crippen LogP contribution >= 0.6 is 0 Å². The van der Waals surface area contributed by atoms with Crippen LogP contribution in [0.4, 0.5) is 20.2 Å². The van der Waals surface area contributed by atoms with Gasteiger partial charge in [-0.15, -0.1) is 0 Å². The van der Waals surface area contributed by atoms with Gasteiger partial charge in [0.25, 0.3) is 5.91 Å². The number of morpholine rings is 1. The maximum atomic E-state index is 14.5. The summed E-state index contributed by atoms with van der Waals surface area (Å²) in [7, 11) is 1.79. The number of fused-ring (bicyclic) bond motifs is 1. The smallest absolute Gasteiger partial charge is 0.335 e. The molecule has 1 fully saturated rings. The lowest BCUT2D eigenvalue weighted by Gasteiger charge is -2.38. The first-order valence-corrected chi connectivity index (χ1v) is 18.1. The summed E-state index contributed by atoms with van der Waals surface area (Å²) in [6.07, 6.45) is 2.93. The van der Waals surface area contributed by atoms with Gasteiger partial charge in [-0.2, -0.15) is 13.9 Å². The van der Waals surface area contributed by atoms with Crippen LogP contribution in [-0.2, 0) is 29.4 Å². The van der Waals surface area contributed by atoms with Crippen molar-refractivity contribution in [2.75, 3.05) is 50.9 Å². The van der Waals surface area contributed by atoms with Gasteiger partial charge in [-0.05, 0) is 72.5 Å². The monoisotopic (exact) mass is 752 g/mol. The molecule has 0 aliphatic carbocycles. The van der Waals surface area contributed by atoms with Gasteiger partial charge >= 0.3 is 12.5 Å². The van der Waals surface area contributed by atoms with Gasteiger partial charge in [-0.3, -0.25) is 19.4 Å². The van der Waals surface area contributed by atoms with E-state index >= 15 is 0 Å². The van der Waals surface area contributed by atoms with Crippen LogP contribution < -0.4 is 9.64 Å². The number of para-hydroxylation sites is 1. The zero-order valence-electron chi connectivity index (χ0n) is 30.6. The third kappa shape index (κ3) is 8.01. The molecule has 2 aliphatic rings. The second-order valence-electron chi connectivity index (χ2n) is 13.6. The highest BCUT2D eigenvalue weighted by Crippen LogP contribution is 2.39. The summed E-state index contributed by atoms with van der Waals surface area (Å²) in [4.78, 5) is 46.3. The number of halogens is 2. The molecular weight excluding hydrogens is 710 g/mol. The van der Waals surface area contributed by atoms with E-state index in [0.29, 0.717) is 52.6 Å². The number of hydrogen-bond donors (Lipinski definition) is 1. The Morgan fingerprint density at radius 2 is 1.73 bits per heavy atom. The predicted octanol–water partition coefficient (Wildman–Crippen LogP) is 6.03. The summed E-state index contributed by atoms with van der Waals surface area (Å²) in [5, 5.41) is 13.7. The Labute approximate surface area is 317 Å². The Bertz CT molecular complexity index is 2160. The van der Waals surface area contributed by atoms with Gasteiger partial charge in [0.1, 0.15) is 12.4 Å². The van der Waals surface area contributed by atoms with Crippen LogP contribution in [0.5, 0.6) is 5.75 Å². The highest BCUT2D eigenvalue weighted by molar-refractivity contribution is 6.11. The third-order valence-corrected chi connectivity index (χ3v) is 10.3. The van der Waals surface area contributed by atoms with E-state index in [1.54, 1.807) is 73.5 Å². The number of aromatic carboxylic acids is 1. The van der Waals surface area contributed by atoms with Crippen molar-refractivity contribution in [2.45, 2.75) is 32.4 Å². The molecule has 2 aromatic heterocycles. The lowest BCUT2D eigenvalue weighted by atomic mass is 9.88. The van der Waals surface area contributed by atoms with Crippen molar-refractivity contribution in [3.8, 4) is 5.75 Å². The van der Waals surface area contributed by atoms with E-state index in [2.05, 4.69) is 10.00 Å². The Balaban J connectivity index is 1.19. The van der Waals surface area contributed by atoms with E-state index in [4.69, 9.17) is 9.47 Å². The van der Waals surface area contributed by atoms with Gasteiger partial charge < -0.3 is 24.0 Å². The number of carboxylic acids is 1. The zero-order chi connectivity index (χ0) is 38.6. The van der Waals surface area contributed by atoms with E-state index in [1.807, 2.05) is 28.8 Å². The van der Waals surface area contributed by atoms with Crippen molar-refractivity contribution in [1.29, 1.82) is 0 Å². The topological polar surface area (TPSA) is 122 Å². The number of carbonyl (C=O) groups excluding carboxylic acids is 2. The molecule has 2 aliphatic heterocycles. The molecule has 12 nitrogen and oxygen atoms in total. The largest absolute Gasteiger partial charge is 0.492 e. The number of hydrogen-bond acceptors (Lipinski definition) is 7. The standard InChI is InChI=1S/C41H42F2N6O6/c1-27-34(39(51)49(31-6-4-3-5-7-31)32-25-44-48(26-32)41(42)43)24-36(45(27)2)38-35-23-30(40(52)53)11-10-29(35)14-15-47(38)37(50)22-28-8-12-33(13-9-28)55-21-18-46-16-19-54-20-17-46/h3-13,23-26,38,41H,14-22H2,1-2H3,(H,52,53). The highest BCUT2D eigenvalue weighted by Gasteiger charge is 2.36. The van der Waals surface area contributed by atoms with Crippen LogP contribution in [0, 0.1) is 6.92 Å². The second-order valence-corrected chi connectivity index (χ2v) is 13.6. The van der Waals surface area contributed by atoms with Gasteiger partial charge in [0.05, 0.1) is 54.9 Å². The van der Waals surface area contributed by atoms with Gasteiger partial charge in [-0.25, -0.2) is 9.48 Å². The molecule has 1 saturated heterocycles. The van der Waals surface area contributed by atoms with Crippen molar-refractivity contribution in [3.63, 3.8) is 0 Å². The summed E-state index contributed by atoms with van der Waals surface area (Å²) in [5.74, 6) is -1.05. The normalized spacial score (nSPS) is 15.9. The van der Waals surface area contributed by atoms with Crippen molar-refractivity contribution >= 4 is 29.2 Å². The summed E-state index contributed by atoms with van der Waals surface area (Å²) in [6.45, 7) is 3.79. The molecule has 0 radical (unpaired) electrons. The molecule has 1 atom stereocenters. The molecule has 14 heteroatoms. The molecule has 3 aromatic carbocycles. The predicted molar refractivity (Wildman–Crippen MR) is 200 cm³/mol. The van der Waals surface area contributed by atoms with Gasteiger partial charge in [0.2, 0.25) is 5.91 Å². The quantitative estimate of drug-likeness (QED) is 0.164. The van der Waals surface area contributed by atoms with Crippen LogP contribution in [0.15, 0.2) is 91.3 Å². The molecular formula is C41H42F2N6O6. The van der Waals surface area contributed by atoms with Crippen LogP contribution in [-0.4, -0.2) is 93.0 Å². The van der Waals surface area contributed by atoms with Gasteiger partial charge in [-0.1, -0.05) is 36.4 Å². The van der Waals surface area contributed by atoms with Crippen LogP contribution in [0.2, 0.25) is 0 Å². The van der Waals surface area contributed by atoms with Gasteiger partial charge in [0.15, 0.2) is 0 Å². The van der Waals surface area contributed by atoms with Crippen LogP contribution in [0.25, 0.3) is 0 Å². The third-order valence-electron chi connectivity index (χ3n) is 10.3. The van der Waals surface area contributed by atoms with Crippen LogP contribution in [0.1, 0.15) is 61.4 Å². The number of nitrogens with zero attached hydrogens (tertiary/aromatic N) is 6. The number of rotatable bonds is 12. The molecule has 286 valence electrons. The first kappa shape index (κ1) is 37.5. The molecule has 1 N–H and O–H groups in total. The highest BCUT2D eigenvalue weighted by atomic mass is 19.3. The Kier molecular flexibility index (Phi) is 11.1. The number of carboxylic acid groups (broad SMARTS) is 1. The molecule has 4 heterocycles. The minimum absolute atomic E-state index is 0.0794. The van der Waals surface area contributed by atoms with E-state index in [-0.39, 0.29) is 29.1 Å². The Morgan fingerprint density at radius 1 is 0.982 bits per heavy atom. The number of carbonyl (C=O) groups is 3. The van der Waals surface area contributed by atoms with E-state index < -0.39 is 24.5 Å². The number of ether oxygens (including phenoxy) is 2. The molecule has 0 spiro atoms. The SMILES string of the molecule is Cc1c(C(=O)N(c2ccccc2)c2cnn(C(F)F)c2)cc(C2c3cc(C(=O)O)ccc3CCN2C(=O)Cc2ccc(OCCN3CCOCC3)cc2)n1C. The van der Waals surface area contributed by atoms with E-state index in [0.717, 1.165) is 50.2 Å². The van der Waals surface area contributed by atoms with Crippen molar-refractivity contribution in [1.82, 2.24) is 24.1 Å². The molecule has 2 amide bonds. The number of anilines is 2. The molecule has 0 bridgehead atoms. The summed E-state index contributed by atoms with van der Waals surface area (Å²) < 4.78 is 40.8. The minimum Gasteiger partial charge on any atom is -0.492 e. The lowest BCUT2D eigenvalue weighted by Crippen LogP contribution is -2.42. The first-order valence-electron chi connectivity index (χ1n) is 18.1. The number of alkyl halides is 2.